The van der Waals surface area contributed by atoms with E-state index in [4.69, 9.17) is 0 Å². The molecule has 1 aromatic heterocycles. The van der Waals surface area contributed by atoms with Crippen LogP contribution in [0.2, 0.25) is 0 Å². The van der Waals surface area contributed by atoms with E-state index in [1.165, 1.54) is 13.1 Å². The minimum absolute atomic E-state index is 0.219. The van der Waals surface area contributed by atoms with Crippen molar-refractivity contribution in [1.82, 2.24) is 9.13 Å². The fourth-order valence-corrected chi connectivity index (χ4v) is 1.37. The van der Waals surface area contributed by atoms with Crippen LogP contribution < -0.4 is 11.2 Å². The van der Waals surface area contributed by atoms with Crippen molar-refractivity contribution in [2.45, 2.75) is 33.2 Å². The predicted molar refractivity (Wildman–Crippen MR) is 55.6 cm³/mol. The molecule has 0 aromatic carbocycles. The van der Waals surface area contributed by atoms with Crippen LogP contribution in [0.3, 0.4) is 0 Å². The van der Waals surface area contributed by atoms with Crippen molar-refractivity contribution < 1.29 is 0 Å². The summed E-state index contributed by atoms with van der Waals surface area (Å²) in [6, 6.07) is 1.50. The maximum absolute atomic E-state index is 11.6. The van der Waals surface area contributed by atoms with Gasteiger partial charge in [0.1, 0.15) is 0 Å². The molecule has 4 heteroatoms. The van der Waals surface area contributed by atoms with Crippen molar-refractivity contribution in [2.75, 3.05) is 0 Å². The lowest BCUT2D eigenvalue weighted by Crippen LogP contribution is -2.38. The van der Waals surface area contributed by atoms with Gasteiger partial charge in [-0.1, -0.05) is 13.3 Å². The number of aryl methyl sites for hydroxylation is 1. The van der Waals surface area contributed by atoms with E-state index >= 15 is 0 Å². The zero-order chi connectivity index (χ0) is 10.7. The van der Waals surface area contributed by atoms with E-state index in [0.29, 0.717) is 6.54 Å². The molecule has 0 aliphatic heterocycles. The van der Waals surface area contributed by atoms with Crippen LogP contribution in [0, 0.1) is 6.92 Å². The molecule has 0 spiro atoms. The van der Waals surface area contributed by atoms with Gasteiger partial charge < -0.3 is 0 Å². The third kappa shape index (κ3) is 1.95. The fourth-order valence-electron chi connectivity index (χ4n) is 1.37. The minimum atomic E-state index is -0.236. The zero-order valence-electron chi connectivity index (χ0n) is 8.91. The molecule has 0 fully saturated rings. The largest absolute Gasteiger partial charge is 0.330 e. The first-order valence-corrected chi connectivity index (χ1v) is 4.85. The first-order valence-electron chi connectivity index (χ1n) is 4.85. The van der Waals surface area contributed by atoms with Crippen molar-refractivity contribution in [3.05, 3.63) is 32.6 Å². The highest BCUT2D eigenvalue weighted by Crippen LogP contribution is 1.94. The molecule has 0 atom stereocenters. The van der Waals surface area contributed by atoms with Crippen LogP contribution in [0.15, 0.2) is 15.7 Å². The van der Waals surface area contributed by atoms with Crippen molar-refractivity contribution in [3.8, 4) is 0 Å². The highest BCUT2D eigenvalue weighted by atomic mass is 16.2. The van der Waals surface area contributed by atoms with Gasteiger partial charge in [-0.05, 0) is 13.3 Å². The number of unbranched alkanes of at least 4 members (excludes halogenated alkanes) is 1. The molecule has 1 rings (SSSR count). The van der Waals surface area contributed by atoms with E-state index in [1.807, 2.05) is 0 Å². The number of rotatable bonds is 3. The monoisotopic (exact) mass is 196 g/mol. The quantitative estimate of drug-likeness (QED) is 0.712. The Morgan fingerprint density at radius 3 is 2.57 bits per heavy atom. The molecule has 14 heavy (non-hydrogen) atoms. The van der Waals surface area contributed by atoms with Gasteiger partial charge in [0.2, 0.25) is 0 Å². The topological polar surface area (TPSA) is 44.0 Å². The van der Waals surface area contributed by atoms with Crippen LogP contribution in [0.5, 0.6) is 0 Å². The molecule has 0 bridgehead atoms. The van der Waals surface area contributed by atoms with E-state index in [1.54, 1.807) is 11.5 Å². The Morgan fingerprint density at radius 2 is 2.00 bits per heavy atom. The van der Waals surface area contributed by atoms with E-state index in [2.05, 4.69) is 6.92 Å². The number of nitrogens with zero attached hydrogens (tertiary/aromatic N) is 2. The fraction of sp³-hybridized carbons (Fsp3) is 0.600. The van der Waals surface area contributed by atoms with Gasteiger partial charge in [-0.25, -0.2) is 4.79 Å². The van der Waals surface area contributed by atoms with Gasteiger partial charge in [-0.2, -0.15) is 0 Å². The van der Waals surface area contributed by atoms with Gasteiger partial charge in [0.25, 0.3) is 5.56 Å². The van der Waals surface area contributed by atoms with Gasteiger partial charge in [0, 0.05) is 25.4 Å². The summed E-state index contributed by atoms with van der Waals surface area (Å²) in [6.07, 6.45) is 1.99. The predicted octanol–water partition coefficient (Wildman–Crippen LogP) is 0.656. The number of hydrogen-bond donors (Lipinski definition) is 0. The Bertz CT molecular complexity index is 429. The van der Waals surface area contributed by atoms with Crippen LogP contribution in [-0.4, -0.2) is 9.13 Å². The third-order valence-electron chi connectivity index (χ3n) is 2.34. The SMILES string of the molecule is CCCCn1c(C)cc(=O)n(C)c1=O. The average Bonchev–Trinajstić information content (AvgIpc) is 2.14. The Morgan fingerprint density at radius 1 is 1.36 bits per heavy atom. The highest BCUT2D eigenvalue weighted by molar-refractivity contribution is 4.99. The van der Waals surface area contributed by atoms with E-state index in [-0.39, 0.29) is 11.2 Å². The summed E-state index contributed by atoms with van der Waals surface area (Å²) >= 11 is 0. The van der Waals surface area contributed by atoms with E-state index < -0.39 is 0 Å². The minimum Gasteiger partial charge on any atom is -0.298 e. The van der Waals surface area contributed by atoms with Gasteiger partial charge >= 0.3 is 5.69 Å². The maximum Gasteiger partial charge on any atom is 0.330 e. The third-order valence-corrected chi connectivity index (χ3v) is 2.34. The molecule has 1 heterocycles. The van der Waals surface area contributed by atoms with Gasteiger partial charge in [-0.15, -0.1) is 0 Å². The molecule has 0 radical (unpaired) electrons. The van der Waals surface area contributed by atoms with Crippen molar-refractivity contribution >= 4 is 0 Å². The summed E-state index contributed by atoms with van der Waals surface area (Å²) in [5.41, 5.74) is 0.287. The van der Waals surface area contributed by atoms with Gasteiger partial charge in [0.15, 0.2) is 0 Å². The molecular weight excluding hydrogens is 180 g/mol. The second kappa shape index (κ2) is 4.26. The Kier molecular flexibility index (Phi) is 3.28. The number of hydrogen-bond acceptors (Lipinski definition) is 2. The summed E-state index contributed by atoms with van der Waals surface area (Å²) in [4.78, 5) is 22.9. The lowest BCUT2D eigenvalue weighted by atomic mass is 10.3. The second-order valence-corrected chi connectivity index (χ2v) is 3.47. The molecule has 0 aliphatic rings. The molecule has 0 unspecified atom stereocenters. The first kappa shape index (κ1) is 10.8. The summed E-state index contributed by atoms with van der Waals surface area (Å²) in [5.74, 6) is 0. The van der Waals surface area contributed by atoms with Crippen molar-refractivity contribution in [1.29, 1.82) is 0 Å². The average molecular weight is 196 g/mol. The molecular formula is C10H16N2O2. The molecule has 4 nitrogen and oxygen atoms in total. The molecule has 0 N–H and O–H groups in total. The molecule has 0 saturated carbocycles. The van der Waals surface area contributed by atoms with Crippen LogP contribution in [0.1, 0.15) is 25.5 Å². The lowest BCUT2D eigenvalue weighted by Gasteiger charge is -2.09. The second-order valence-electron chi connectivity index (χ2n) is 3.47. The lowest BCUT2D eigenvalue weighted by molar-refractivity contribution is 0.553. The number of aromatic nitrogens is 2. The van der Waals surface area contributed by atoms with Crippen molar-refractivity contribution in [2.24, 2.45) is 7.05 Å². The molecule has 0 amide bonds. The van der Waals surface area contributed by atoms with Crippen LogP contribution in [0.25, 0.3) is 0 Å². The summed E-state index contributed by atoms with van der Waals surface area (Å²) in [5, 5.41) is 0. The smallest absolute Gasteiger partial charge is 0.298 e. The zero-order valence-corrected chi connectivity index (χ0v) is 8.91. The standard InChI is InChI=1S/C10H16N2O2/c1-4-5-6-12-8(2)7-9(13)11(3)10(12)14/h7H,4-6H2,1-3H3. The first-order chi connectivity index (χ1) is 6.57. The Hall–Kier alpha value is -1.32. The summed E-state index contributed by atoms with van der Waals surface area (Å²) in [7, 11) is 1.51. The molecule has 1 aromatic rings. The van der Waals surface area contributed by atoms with Gasteiger partial charge in [-0.3, -0.25) is 13.9 Å². The summed E-state index contributed by atoms with van der Waals surface area (Å²) < 4.78 is 2.79. The van der Waals surface area contributed by atoms with E-state index in [9.17, 15) is 9.59 Å². The van der Waals surface area contributed by atoms with Crippen LogP contribution in [-0.2, 0) is 13.6 Å². The molecule has 0 saturated heterocycles. The Balaban J connectivity index is 3.23. The van der Waals surface area contributed by atoms with Crippen molar-refractivity contribution in [3.63, 3.8) is 0 Å². The molecule has 78 valence electrons. The van der Waals surface area contributed by atoms with E-state index in [0.717, 1.165) is 23.1 Å². The van der Waals surface area contributed by atoms with Gasteiger partial charge in [0.05, 0.1) is 0 Å². The summed E-state index contributed by atoms with van der Waals surface area (Å²) in [6.45, 7) is 4.55. The Labute approximate surface area is 82.8 Å². The van der Waals surface area contributed by atoms with Crippen LogP contribution in [0.4, 0.5) is 0 Å². The molecule has 0 aliphatic carbocycles. The van der Waals surface area contributed by atoms with Crippen LogP contribution >= 0.6 is 0 Å². The highest BCUT2D eigenvalue weighted by Gasteiger charge is 2.04. The maximum atomic E-state index is 11.6. The normalized spacial score (nSPS) is 10.5.